The molecule has 1 heterocycles. The third kappa shape index (κ3) is 7.16. The zero-order valence-corrected chi connectivity index (χ0v) is 23.4. The standard InChI is InChI=1S/C31H40FN3O4/c1-21-11-8-9-16-26(21)27(28(36)33-24-13-6-5-7-14-24)35(25-15-10-12-23(32)19-25)29(37)22-17-18-34(20-22)30(38)39-31(2,3)4/h8-12,15-16,19,22,24,27H,5-7,13-14,17-18,20H2,1-4H3,(H,33,36). The second kappa shape index (κ2) is 12.2. The van der Waals surface area contributed by atoms with E-state index in [0.29, 0.717) is 24.2 Å². The highest BCUT2D eigenvalue weighted by Gasteiger charge is 2.41. The molecule has 2 unspecified atom stereocenters. The smallest absolute Gasteiger partial charge is 0.410 e. The first kappa shape index (κ1) is 28.6. The van der Waals surface area contributed by atoms with E-state index in [9.17, 15) is 18.8 Å². The Kier molecular flexibility index (Phi) is 8.93. The Morgan fingerprint density at radius 1 is 1.03 bits per heavy atom. The number of carbonyl (C=O) groups is 3. The summed E-state index contributed by atoms with van der Waals surface area (Å²) in [7, 11) is 0. The zero-order chi connectivity index (χ0) is 28.2. The van der Waals surface area contributed by atoms with Crippen LogP contribution in [-0.4, -0.2) is 47.5 Å². The van der Waals surface area contributed by atoms with Crippen LogP contribution < -0.4 is 10.2 Å². The average molecular weight is 538 g/mol. The Hall–Kier alpha value is -3.42. The van der Waals surface area contributed by atoms with Crippen LogP contribution in [0.25, 0.3) is 0 Å². The minimum Gasteiger partial charge on any atom is -0.444 e. The molecule has 210 valence electrons. The second-order valence-electron chi connectivity index (χ2n) is 11.7. The third-order valence-corrected chi connectivity index (χ3v) is 7.45. The summed E-state index contributed by atoms with van der Waals surface area (Å²) in [5.74, 6) is -1.66. The van der Waals surface area contributed by atoms with Crippen LogP contribution in [0.15, 0.2) is 48.5 Å². The summed E-state index contributed by atoms with van der Waals surface area (Å²) >= 11 is 0. The number of halogens is 1. The number of anilines is 1. The maximum atomic E-state index is 14.5. The number of ether oxygens (including phenoxy) is 1. The normalized spacial score (nSPS) is 18.9. The first-order valence-corrected chi connectivity index (χ1v) is 14.0. The van der Waals surface area contributed by atoms with Gasteiger partial charge in [-0.05, 0) is 76.3 Å². The predicted octanol–water partition coefficient (Wildman–Crippen LogP) is 5.91. The van der Waals surface area contributed by atoms with Gasteiger partial charge in [0.15, 0.2) is 0 Å². The van der Waals surface area contributed by atoms with Crippen molar-refractivity contribution in [3.63, 3.8) is 0 Å². The van der Waals surface area contributed by atoms with Crippen molar-refractivity contribution in [2.45, 2.75) is 83.9 Å². The lowest BCUT2D eigenvalue weighted by Gasteiger charge is -2.35. The van der Waals surface area contributed by atoms with Crippen LogP contribution in [0.2, 0.25) is 0 Å². The molecule has 4 rings (SSSR count). The molecule has 7 nitrogen and oxygen atoms in total. The van der Waals surface area contributed by atoms with Gasteiger partial charge in [-0.1, -0.05) is 49.6 Å². The number of rotatable bonds is 6. The molecule has 2 aliphatic rings. The van der Waals surface area contributed by atoms with Gasteiger partial charge in [-0.3, -0.25) is 14.5 Å². The van der Waals surface area contributed by atoms with Gasteiger partial charge in [0.25, 0.3) is 0 Å². The molecule has 2 fully saturated rings. The van der Waals surface area contributed by atoms with Crippen molar-refractivity contribution in [1.29, 1.82) is 0 Å². The molecule has 1 N–H and O–H groups in total. The van der Waals surface area contributed by atoms with Gasteiger partial charge in [0.2, 0.25) is 11.8 Å². The van der Waals surface area contributed by atoms with Crippen LogP contribution in [0.4, 0.5) is 14.9 Å². The average Bonchev–Trinajstić information content (AvgIpc) is 3.38. The van der Waals surface area contributed by atoms with Gasteiger partial charge in [0, 0.05) is 24.8 Å². The lowest BCUT2D eigenvalue weighted by Crippen LogP contribution is -2.49. The van der Waals surface area contributed by atoms with Crippen LogP contribution in [-0.2, 0) is 14.3 Å². The lowest BCUT2D eigenvalue weighted by atomic mass is 9.93. The molecule has 2 aromatic carbocycles. The summed E-state index contributed by atoms with van der Waals surface area (Å²) in [6.07, 6.45) is 5.00. The highest BCUT2D eigenvalue weighted by Crippen LogP contribution is 2.34. The molecular weight excluding hydrogens is 497 g/mol. The van der Waals surface area contributed by atoms with Crippen molar-refractivity contribution in [3.05, 3.63) is 65.5 Å². The monoisotopic (exact) mass is 537 g/mol. The first-order chi connectivity index (χ1) is 18.5. The summed E-state index contributed by atoms with van der Waals surface area (Å²) < 4.78 is 20.0. The fourth-order valence-electron chi connectivity index (χ4n) is 5.50. The number of hydrogen-bond donors (Lipinski definition) is 1. The molecule has 1 saturated heterocycles. The Bertz CT molecular complexity index is 1190. The molecule has 8 heteroatoms. The number of carbonyl (C=O) groups excluding carboxylic acids is 3. The van der Waals surface area contributed by atoms with Crippen LogP contribution >= 0.6 is 0 Å². The highest BCUT2D eigenvalue weighted by molar-refractivity contribution is 6.03. The minimum absolute atomic E-state index is 0.0383. The number of nitrogens with one attached hydrogen (secondary N) is 1. The van der Waals surface area contributed by atoms with Crippen molar-refractivity contribution in [2.24, 2.45) is 5.92 Å². The van der Waals surface area contributed by atoms with E-state index in [-0.39, 0.29) is 24.4 Å². The zero-order valence-electron chi connectivity index (χ0n) is 23.4. The van der Waals surface area contributed by atoms with Crippen molar-refractivity contribution in [2.75, 3.05) is 18.0 Å². The molecule has 2 aromatic rings. The summed E-state index contributed by atoms with van der Waals surface area (Å²) in [5, 5.41) is 3.20. The van der Waals surface area contributed by atoms with E-state index in [2.05, 4.69) is 5.32 Å². The largest absolute Gasteiger partial charge is 0.444 e. The van der Waals surface area contributed by atoms with E-state index in [1.807, 2.05) is 31.2 Å². The van der Waals surface area contributed by atoms with E-state index in [1.54, 1.807) is 32.9 Å². The number of hydrogen-bond acceptors (Lipinski definition) is 4. The van der Waals surface area contributed by atoms with E-state index < -0.39 is 29.5 Å². The maximum absolute atomic E-state index is 14.5. The molecule has 0 aromatic heterocycles. The quantitative estimate of drug-likeness (QED) is 0.497. The van der Waals surface area contributed by atoms with Gasteiger partial charge in [0.05, 0.1) is 5.92 Å². The van der Waals surface area contributed by atoms with Crippen LogP contribution in [0.5, 0.6) is 0 Å². The number of amides is 3. The predicted molar refractivity (Wildman–Crippen MR) is 149 cm³/mol. The van der Waals surface area contributed by atoms with Gasteiger partial charge in [-0.15, -0.1) is 0 Å². The van der Waals surface area contributed by atoms with Gasteiger partial charge in [-0.2, -0.15) is 0 Å². The molecule has 0 radical (unpaired) electrons. The lowest BCUT2D eigenvalue weighted by molar-refractivity contribution is -0.128. The molecule has 39 heavy (non-hydrogen) atoms. The molecule has 1 aliphatic carbocycles. The van der Waals surface area contributed by atoms with Crippen molar-refractivity contribution < 1.29 is 23.5 Å². The number of nitrogens with zero attached hydrogens (tertiary/aromatic N) is 2. The highest BCUT2D eigenvalue weighted by atomic mass is 19.1. The Morgan fingerprint density at radius 2 is 1.74 bits per heavy atom. The number of aryl methyl sites for hydroxylation is 1. The van der Waals surface area contributed by atoms with E-state index in [4.69, 9.17) is 4.74 Å². The van der Waals surface area contributed by atoms with E-state index >= 15 is 0 Å². The summed E-state index contributed by atoms with van der Waals surface area (Å²) in [6, 6.07) is 12.3. The van der Waals surface area contributed by atoms with Crippen LogP contribution in [0.3, 0.4) is 0 Å². The summed E-state index contributed by atoms with van der Waals surface area (Å²) in [6.45, 7) is 7.84. The van der Waals surface area contributed by atoms with Gasteiger partial charge >= 0.3 is 6.09 Å². The molecule has 1 saturated carbocycles. The topological polar surface area (TPSA) is 79.0 Å². The van der Waals surface area contributed by atoms with Crippen molar-refractivity contribution >= 4 is 23.6 Å². The van der Waals surface area contributed by atoms with Gasteiger partial charge in [0.1, 0.15) is 17.5 Å². The van der Waals surface area contributed by atoms with E-state index in [0.717, 1.165) is 37.7 Å². The summed E-state index contributed by atoms with van der Waals surface area (Å²) in [4.78, 5) is 44.0. The molecule has 3 amide bonds. The van der Waals surface area contributed by atoms with Gasteiger partial charge in [-0.25, -0.2) is 9.18 Å². The second-order valence-corrected chi connectivity index (χ2v) is 11.7. The van der Waals surface area contributed by atoms with E-state index in [1.165, 1.54) is 21.9 Å². The fourth-order valence-corrected chi connectivity index (χ4v) is 5.50. The Labute approximate surface area is 230 Å². The summed E-state index contributed by atoms with van der Waals surface area (Å²) in [5.41, 5.74) is 1.20. The molecule has 1 aliphatic heterocycles. The molecule has 2 atom stereocenters. The molecule has 0 spiro atoms. The van der Waals surface area contributed by atoms with Crippen LogP contribution in [0.1, 0.15) is 76.5 Å². The Balaban J connectivity index is 1.70. The fraction of sp³-hybridized carbons (Fsp3) is 0.516. The van der Waals surface area contributed by atoms with Crippen LogP contribution in [0, 0.1) is 18.7 Å². The van der Waals surface area contributed by atoms with Crippen molar-refractivity contribution in [1.82, 2.24) is 10.2 Å². The molecular formula is C31H40FN3O4. The first-order valence-electron chi connectivity index (χ1n) is 14.0. The number of benzene rings is 2. The third-order valence-electron chi connectivity index (χ3n) is 7.45. The maximum Gasteiger partial charge on any atom is 0.410 e. The van der Waals surface area contributed by atoms with Gasteiger partial charge < -0.3 is 15.0 Å². The minimum atomic E-state index is -0.988. The molecule has 0 bridgehead atoms. The number of likely N-dealkylation sites (tertiary alicyclic amines) is 1. The van der Waals surface area contributed by atoms with Crippen molar-refractivity contribution in [3.8, 4) is 0 Å². The Morgan fingerprint density at radius 3 is 2.41 bits per heavy atom. The SMILES string of the molecule is Cc1ccccc1C(C(=O)NC1CCCCC1)N(C(=O)C1CCN(C(=O)OC(C)(C)C)C1)c1cccc(F)c1.